The molecular weight excluding hydrogens is 1560 g/mol. The summed E-state index contributed by atoms with van der Waals surface area (Å²) in [5.41, 5.74) is 3.33. The van der Waals surface area contributed by atoms with E-state index in [4.69, 9.17) is 39.5 Å². The van der Waals surface area contributed by atoms with E-state index < -0.39 is 99.9 Å². The normalized spacial score (nSPS) is 18.7. The van der Waals surface area contributed by atoms with Crippen molar-refractivity contribution in [1.82, 2.24) is 80.7 Å². The molecule has 42 heteroatoms. The highest BCUT2D eigenvalue weighted by molar-refractivity contribution is 8.21. The summed E-state index contributed by atoms with van der Waals surface area (Å²) in [6.45, 7) is 0.217. The third kappa shape index (κ3) is 18.4. The first-order chi connectivity index (χ1) is 50.3. The number of hydrogen-bond donors (Lipinski definition) is 6. The number of ether oxygens (including phenoxy) is 1. The SMILES string of the molecule is CC(C)COC(=O)N1CCN(c2ccnc(-c3c[nH]c4ncc(Cl)cc34)n2)[C@@H](C(=O)NCC(F)(F)F)C1.O=C(NCC(F)(F)F)[C@H]1CC2(CN1c1nc(-c3c[nH]c4ncc(Cl)cc34)ncc1F)SCCCS2.O=C(NCC(F)(F)F)[C@H]1CC2(CN1c1nc(-c3c[nH]c4ncc(Cl)cc34)ncc1F)SCCS2.[HH].[HH].[HH].[HH].[HH].[HH]. The molecule has 0 aliphatic carbocycles. The van der Waals surface area contributed by atoms with E-state index in [0.29, 0.717) is 76.5 Å². The van der Waals surface area contributed by atoms with Crippen LogP contribution in [0.15, 0.2) is 80.0 Å². The fourth-order valence-electron chi connectivity index (χ4n) is 12.3. The lowest BCUT2D eigenvalue weighted by Gasteiger charge is -2.40. The number of carbonyl (C=O) groups excluding carboxylic acids is 4. The summed E-state index contributed by atoms with van der Waals surface area (Å²) in [6.07, 6.45) is 0.0811. The molecule has 14 heterocycles. The van der Waals surface area contributed by atoms with E-state index >= 15 is 4.39 Å². The van der Waals surface area contributed by atoms with Gasteiger partial charge in [-0.2, -0.15) is 39.5 Å². The second kappa shape index (κ2) is 32.0. The van der Waals surface area contributed by atoms with Crippen LogP contribution in [0.1, 0.15) is 41.7 Å². The zero-order valence-corrected chi connectivity index (χ0v) is 60.9. The lowest BCUT2D eigenvalue weighted by molar-refractivity contribution is -0.139. The van der Waals surface area contributed by atoms with E-state index in [1.807, 2.05) is 29.8 Å². The molecule has 0 radical (unpaired) electrons. The largest absolute Gasteiger partial charge is 0.449 e. The maximum atomic E-state index is 15.1. The number of hydrogen-bond acceptors (Lipinski definition) is 21. The number of fused-ring (bicyclic) bond motifs is 3. The van der Waals surface area contributed by atoms with Crippen LogP contribution in [0.2, 0.25) is 15.1 Å². The van der Waals surface area contributed by atoms with Gasteiger partial charge in [0.15, 0.2) is 40.7 Å². The summed E-state index contributed by atoms with van der Waals surface area (Å²) >= 11 is 24.8. The first-order valence-corrected chi connectivity index (χ1v) is 37.5. The van der Waals surface area contributed by atoms with Crippen LogP contribution in [0.4, 0.5) is 70.5 Å². The predicted octanol–water partition coefficient (Wildman–Crippen LogP) is 14.0. The lowest BCUT2D eigenvalue weighted by atomic mass is 10.1. The second-order valence-corrected chi connectivity index (χ2v) is 32.9. The van der Waals surface area contributed by atoms with Crippen LogP contribution in [0.3, 0.4) is 0 Å². The van der Waals surface area contributed by atoms with Gasteiger partial charge in [0.1, 0.15) is 60.5 Å². The van der Waals surface area contributed by atoms with Crippen LogP contribution in [-0.2, 0) is 19.1 Å². The zero-order valence-electron chi connectivity index (χ0n) is 55.4. The number of piperazine rings is 1. The topological polar surface area (TPSA) is 290 Å². The Morgan fingerprint density at radius 2 is 0.972 bits per heavy atom. The van der Waals surface area contributed by atoms with Crippen LogP contribution >= 0.6 is 81.9 Å². The van der Waals surface area contributed by atoms with E-state index in [1.54, 1.807) is 94.8 Å². The number of nitrogens with one attached hydrogen (secondary N) is 6. The Hall–Kier alpha value is -8.11. The highest BCUT2D eigenvalue weighted by Gasteiger charge is 2.53. The molecule has 5 aliphatic heterocycles. The highest BCUT2D eigenvalue weighted by Crippen LogP contribution is 2.54. The minimum atomic E-state index is -4.59. The fourth-order valence-corrected chi connectivity index (χ4v) is 19.4. The van der Waals surface area contributed by atoms with Crippen LogP contribution in [0, 0.1) is 17.6 Å². The molecule has 2 spiro atoms. The highest BCUT2D eigenvalue weighted by atomic mass is 35.5. The number of carbonyl (C=O) groups is 4. The Morgan fingerprint density at radius 1 is 0.566 bits per heavy atom. The molecule has 3 atom stereocenters. The van der Waals surface area contributed by atoms with Gasteiger partial charge in [-0.25, -0.2) is 58.4 Å². The van der Waals surface area contributed by atoms with Crippen molar-refractivity contribution in [2.24, 2.45) is 5.92 Å². The third-order valence-electron chi connectivity index (χ3n) is 17.0. The number of amides is 4. The van der Waals surface area contributed by atoms with Crippen molar-refractivity contribution >= 4 is 156 Å². The number of aromatic nitrogens is 12. The van der Waals surface area contributed by atoms with Crippen molar-refractivity contribution in [3.8, 4) is 34.2 Å². The van der Waals surface area contributed by atoms with Crippen LogP contribution in [0.5, 0.6) is 0 Å². The van der Waals surface area contributed by atoms with Crippen LogP contribution in [0.25, 0.3) is 67.3 Å². The summed E-state index contributed by atoms with van der Waals surface area (Å²) in [4.78, 5) is 104. The zero-order chi connectivity index (χ0) is 75.6. The predicted molar refractivity (Wildman–Crippen MR) is 396 cm³/mol. The quantitative estimate of drug-likeness (QED) is 0.0552. The van der Waals surface area contributed by atoms with E-state index in [-0.39, 0.29) is 89.9 Å². The molecule has 106 heavy (non-hydrogen) atoms. The molecule has 4 amide bonds. The van der Waals surface area contributed by atoms with Crippen molar-refractivity contribution < 1.29 is 80.8 Å². The number of pyridine rings is 3. The molecule has 5 aliphatic rings. The average Bonchev–Trinajstić information content (AvgIpc) is 1.61. The summed E-state index contributed by atoms with van der Waals surface area (Å²) in [5, 5.41) is 8.98. The molecule has 14 rings (SSSR count). The number of nitrogens with zero attached hydrogens (tertiary/aromatic N) is 13. The van der Waals surface area contributed by atoms with Gasteiger partial charge >= 0.3 is 24.6 Å². The number of anilines is 3. The molecule has 9 aromatic rings. The molecule has 6 N–H and O–H groups in total. The molecule has 0 unspecified atom stereocenters. The number of rotatable bonds is 14. The Bertz CT molecular complexity index is 4760. The molecule has 24 nitrogen and oxygen atoms in total. The van der Waals surface area contributed by atoms with E-state index in [0.717, 1.165) is 41.8 Å². The van der Waals surface area contributed by atoms with Crippen molar-refractivity contribution in [2.45, 2.75) is 77.9 Å². The van der Waals surface area contributed by atoms with Gasteiger partial charge in [-0.3, -0.25) is 14.4 Å². The van der Waals surface area contributed by atoms with E-state index in [9.17, 15) is 63.1 Å². The van der Waals surface area contributed by atoms with E-state index in [1.165, 1.54) is 39.5 Å². The number of aromatic amines is 3. The minimum absolute atomic E-state index is 0. The molecule has 0 bridgehead atoms. The Kier molecular flexibility index (Phi) is 23.4. The van der Waals surface area contributed by atoms with Crippen molar-refractivity contribution in [1.29, 1.82) is 0 Å². The van der Waals surface area contributed by atoms with Crippen LogP contribution < -0.4 is 30.7 Å². The van der Waals surface area contributed by atoms with Gasteiger partial charge in [-0.1, -0.05) is 48.7 Å². The third-order valence-corrected chi connectivity index (χ3v) is 24.4. The maximum Gasteiger partial charge on any atom is 0.409 e. The minimum Gasteiger partial charge on any atom is -0.449 e. The fraction of sp³-hybridized carbons (Fsp3) is 0.422. The number of thioether (sulfide) groups is 4. The van der Waals surface area contributed by atoms with Gasteiger partial charge in [0.05, 0.1) is 48.8 Å². The standard InChI is InChI=1S/C23H25ClF3N7O3.C21H19ClF4N6OS2.C20H17ClF4N6OS2.6H2/c1-13(2)11-37-22(36)33-5-6-34(17(10-33)21(35)31-12-23(25,26)27)18-3-4-28-20(32-18)16-9-30-19-15(16)7-14(24)8-29-19;22-11-4-12-13(7-28-16(12)27-6-11)17-29-8-14(23)18(31-17)32-10-20(34-2-1-3-35-20)5-15(32)19(33)30-9-21(24,25)26;21-10-3-11-12(6-27-15(11)26-5-10)16-28-7-13(22)17(30-16)31-9-19(33-1-2-34-19)4-14(31)18(32)29-8-20(23,24)25;;;;;;/h3-4,7-9,13,17H,5-6,10-12H2,1-2H3,(H,29,30)(H,31,35);4,6-8,15H,1-3,5,9-10H2,(H,27,28)(H,30,33);3,5-7,14H,1-2,4,8-9H2,(H,26,27)(H,29,32);6*1H/t17-;15-;14-;;;;;;/m111....../s1. The monoisotopic (exact) mass is 1630 g/mol. The second-order valence-electron chi connectivity index (χ2n) is 25.1. The lowest BCUT2D eigenvalue weighted by Crippen LogP contribution is -2.61. The van der Waals surface area contributed by atoms with Crippen molar-refractivity contribution in [3.05, 3.63) is 107 Å². The molecule has 5 saturated heterocycles. The van der Waals surface area contributed by atoms with Crippen molar-refractivity contribution in [3.63, 3.8) is 0 Å². The maximum absolute atomic E-state index is 15.1. The summed E-state index contributed by atoms with van der Waals surface area (Å²) in [5.74, 6) is 0.178. The van der Waals surface area contributed by atoms with Gasteiger partial charge in [0.25, 0.3) is 0 Å². The molecule has 576 valence electrons. The van der Waals surface area contributed by atoms with Crippen LogP contribution in [-0.4, -0.2) is 215 Å². The van der Waals surface area contributed by atoms with Gasteiger partial charge in [-0.15, -0.1) is 47.0 Å². The summed E-state index contributed by atoms with van der Waals surface area (Å²) in [7, 11) is 0. The molecule has 9 aromatic heterocycles. The van der Waals surface area contributed by atoms with E-state index in [2.05, 4.69) is 59.8 Å². The Morgan fingerprint density at radius 3 is 1.39 bits per heavy atom. The number of H-pyrrole nitrogens is 3. The molecule has 0 saturated carbocycles. The van der Waals surface area contributed by atoms with Gasteiger partial charge in [0.2, 0.25) is 17.7 Å². The first kappa shape index (κ1) is 77.5. The first-order valence-electron chi connectivity index (χ1n) is 32.4. The Balaban J connectivity index is 0.000000255. The molecular formula is C64H73Cl3F11N19O5S4. The summed E-state index contributed by atoms with van der Waals surface area (Å²) < 4.78 is 149. The Labute approximate surface area is 635 Å². The summed E-state index contributed by atoms with van der Waals surface area (Å²) in [6, 6.07) is 3.47. The smallest absolute Gasteiger partial charge is 0.409 e. The average molecular weight is 1630 g/mol. The molecule has 5 fully saturated rings. The van der Waals surface area contributed by atoms with Crippen molar-refractivity contribution in [2.75, 3.05) is 96.7 Å². The molecule has 0 aromatic carbocycles. The van der Waals surface area contributed by atoms with Gasteiger partial charge in [0, 0.05) is 135 Å². The number of alkyl halides is 9. The van der Waals surface area contributed by atoms with Gasteiger partial charge < -0.3 is 55.2 Å². The number of halogens is 14. The van der Waals surface area contributed by atoms with Gasteiger partial charge in [-0.05, 0) is 48.1 Å².